The summed E-state index contributed by atoms with van der Waals surface area (Å²) in [6.45, 7) is 10.1. The molecule has 0 atom stereocenters. The molecule has 5 heteroatoms. The minimum absolute atomic E-state index is 0.0379. The summed E-state index contributed by atoms with van der Waals surface area (Å²) in [4.78, 5) is 18.5. The van der Waals surface area contributed by atoms with Crippen LogP contribution in [0.2, 0.25) is 0 Å². The number of hydrogen-bond acceptors (Lipinski definition) is 4. The summed E-state index contributed by atoms with van der Waals surface area (Å²) in [5, 5.41) is 2.96. The molecule has 1 saturated heterocycles. The van der Waals surface area contributed by atoms with E-state index < -0.39 is 0 Å². The van der Waals surface area contributed by atoms with Crippen LogP contribution >= 0.6 is 0 Å². The SMILES string of the molecule is Cc1cc(C(=O)NCCN2CCOCC2(C)C)ccn1. The summed E-state index contributed by atoms with van der Waals surface area (Å²) >= 11 is 0. The van der Waals surface area contributed by atoms with Crippen molar-refractivity contribution in [2.45, 2.75) is 26.3 Å². The molecule has 1 aliphatic heterocycles. The van der Waals surface area contributed by atoms with Crippen molar-refractivity contribution in [3.8, 4) is 0 Å². The maximum absolute atomic E-state index is 12.0. The number of rotatable bonds is 4. The fourth-order valence-electron chi connectivity index (χ4n) is 2.40. The molecule has 0 unspecified atom stereocenters. The van der Waals surface area contributed by atoms with Crippen LogP contribution in [0.15, 0.2) is 18.3 Å². The molecule has 1 amide bonds. The molecule has 1 aliphatic rings. The Morgan fingerprint density at radius 3 is 3.05 bits per heavy atom. The molecule has 0 aromatic carbocycles. The van der Waals surface area contributed by atoms with E-state index in [1.807, 2.05) is 6.92 Å². The summed E-state index contributed by atoms with van der Waals surface area (Å²) < 4.78 is 5.49. The molecule has 0 saturated carbocycles. The van der Waals surface area contributed by atoms with Gasteiger partial charge in [-0.3, -0.25) is 14.7 Å². The van der Waals surface area contributed by atoms with E-state index in [2.05, 4.69) is 29.0 Å². The summed E-state index contributed by atoms with van der Waals surface area (Å²) in [5.74, 6) is -0.0402. The highest BCUT2D eigenvalue weighted by atomic mass is 16.5. The lowest BCUT2D eigenvalue weighted by Crippen LogP contribution is -2.54. The normalized spacial score (nSPS) is 18.8. The first-order valence-corrected chi connectivity index (χ1v) is 7.03. The van der Waals surface area contributed by atoms with E-state index >= 15 is 0 Å². The van der Waals surface area contributed by atoms with Crippen LogP contribution in [-0.2, 0) is 4.74 Å². The molecule has 20 heavy (non-hydrogen) atoms. The molecule has 1 aromatic heterocycles. The standard InChI is InChI=1S/C15H23N3O2/c1-12-10-13(4-5-16-12)14(19)17-6-7-18-8-9-20-11-15(18,2)3/h4-5,10H,6-9,11H2,1-3H3,(H,17,19). The monoisotopic (exact) mass is 277 g/mol. The smallest absolute Gasteiger partial charge is 0.251 e. The first-order chi connectivity index (χ1) is 9.49. The Labute approximate surface area is 120 Å². The minimum atomic E-state index is -0.0402. The number of carbonyl (C=O) groups excluding carboxylic acids is 1. The van der Waals surface area contributed by atoms with Gasteiger partial charge >= 0.3 is 0 Å². The van der Waals surface area contributed by atoms with Gasteiger partial charge in [0.25, 0.3) is 5.91 Å². The largest absolute Gasteiger partial charge is 0.378 e. The number of amides is 1. The lowest BCUT2D eigenvalue weighted by Gasteiger charge is -2.42. The highest BCUT2D eigenvalue weighted by Gasteiger charge is 2.29. The Hall–Kier alpha value is -1.46. The first kappa shape index (κ1) is 14.9. The Balaban J connectivity index is 1.82. The van der Waals surface area contributed by atoms with Crippen molar-refractivity contribution >= 4 is 5.91 Å². The minimum Gasteiger partial charge on any atom is -0.378 e. The second kappa shape index (κ2) is 6.33. The number of aryl methyl sites for hydroxylation is 1. The highest BCUT2D eigenvalue weighted by molar-refractivity contribution is 5.94. The van der Waals surface area contributed by atoms with Gasteiger partial charge in [0.1, 0.15) is 0 Å². The average Bonchev–Trinajstić information content (AvgIpc) is 2.40. The number of nitrogens with zero attached hydrogens (tertiary/aromatic N) is 2. The molecule has 0 radical (unpaired) electrons. The van der Waals surface area contributed by atoms with Gasteiger partial charge in [-0.2, -0.15) is 0 Å². The number of pyridine rings is 1. The Kier molecular flexibility index (Phi) is 4.73. The molecule has 110 valence electrons. The fraction of sp³-hybridized carbons (Fsp3) is 0.600. The lowest BCUT2D eigenvalue weighted by molar-refractivity contribution is -0.0498. The van der Waals surface area contributed by atoms with E-state index in [1.165, 1.54) is 0 Å². The Morgan fingerprint density at radius 1 is 1.55 bits per heavy atom. The van der Waals surface area contributed by atoms with Crippen LogP contribution in [0.25, 0.3) is 0 Å². The number of ether oxygens (including phenoxy) is 1. The van der Waals surface area contributed by atoms with Crippen LogP contribution in [0.4, 0.5) is 0 Å². The number of morpholine rings is 1. The van der Waals surface area contributed by atoms with Crippen LogP contribution in [0.5, 0.6) is 0 Å². The Morgan fingerprint density at radius 2 is 2.35 bits per heavy atom. The molecular formula is C15H23N3O2. The molecule has 0 spiro atoms. The van der Waals surface area contributed by atoms with Gasteiger partial charge in [0.2, 0.25) is 0 Å². The number of carbonyl (C=O) groups is 1. The van der Waals surface area contributed by atoms with E-state index in [4.69, 9.17) is 4.74 Å². The van der Waals surface area contributed by atoms with Crippen molar-refractivity contribution in [3.63, 3.8) is 0 Å². The predicted molar refractivity (Wildman–Crippen MR) is 77.8 cm³/mol. The van der Waals surface area contributed by atoms with Gasteiger partial charge in [-0.05, 0) is 32.9 Å². The van der Waals surface area contributed by atoms with Gasteiger partial charge < -0.3 is 10.1 Å². The van der Waals surface area contributed by atoms with E-state index in [0.29, 0.717) is 12.1 Å². The second-order valence-electron chi connectivity index (χ2n) is 5.79. The number of aromatic nitrogens is 1. The quantitative estimate of drug-likeness (QED) is 0.899. The van der Waals surface area contributed by atoms with Crippen molar-refractivity contribution in [1.29, 1.82) is 0 Å². The lowest BCUT2D eigenvalue weighted by atomic mass is 10.0. The van der Waals surface area contributed by atoms with Gasteiger partial charge in [-0.1, -0.05) is 0 Å². The van der Waals surface area contributed by atoms with Crippen molar-refractivity contribution in [1.82, 2.24) is 15.2 Å². The summed E-state index contributed by atoms with van der Waals surface area (Å²) in [5.41, 5.74) is 1.56. The zero-order valence-corrected chi connectivity index (χ0v) is 12.5. The second-order valence-corrected chi connectivity index (χ2v) is 5.79. The summed E-state index contributed by atoms with van der Waals surface area (Å²) in [6.07, 6.45) is 1.66. The first-order valence-electron chi connectivity index (χ1n) is 7.03. The van der Waals surface area contributed by atoms with Crippen LogP contribution < -0.4 is 5.32 Å². The van der Waals surface area contributed by atoms with Crippen molar-refractivity contribution in [2.75, 3.05) is 32.8 Å². The van der Waals surface area contributed by atoms with Crippen LogP contribution in [0.3, 0.4) is 0 Å². The number of nitrogens with one attached hydrogen (secondary N) is 1. The summed E-state index contributed by atoms with van der Waals surface area (Å²) in [6, 6.07) is 3.54. The maximum atomic E-state index is 12.0. The van der Waals surface area contributed by atoms with Gasteiger partial charge in [-0.25, -0.2) is 0 Å². The van der Waals surface area contributed by atoms with Gasteiger partial charge in [0.05, 0.1) is 13.2 Å². The molecule has 1 aromatic rings. The van der Waals surface area contributed by atoms with E-state index in [-0.39, 0.29) is 11.4 Å². The zero-order chi connectivity index (χ0) is 14.6. The van der Waals surface area contributed by atoms with Gasteiger partial charge in [0, 0.05) is 42.6 Å². The third-order valence-electron chi connectivity index (χ3n) is 3.64. The maximum Gasteiger partial charge on any atom is 0.251 e. The van der Waals surface area contributed by atoms with Gasteiger partial charge in [-0.15, -0.1) is 0 Å². The average molecular weight is 277 g/mol. The topological polar surface area (TPSA) is 54.5 Å². The molecule has 2 heterocycles. The molecule has 2 rings (SSSR count). The summed E-state index contributed by atoms with van der Waals surface area (Å²) in [7, 11) is 0. The highest BCUT2D eigenvalue weighted by Crippen LogP contribution is 2.17. The zero-order valence-electron chi connectivity index (χ0n) is 12.5. The van der Waals surface area contributed by atoms with E-state index in [0.717, 1.165) is 32.0 Å². The van der Waals surface area contributed by atoms with Crippen molar-refractivity contribution < 1.29 is 9.53 Å². The molecule has 0 aliphatic carbocycles. The third-order valence-corrected chi connectivity index (χ3v) is 3.64. The molecule has 1 fully saturated rings. The molecule has 5 nitrogen and oxygen atoms in total. The van der Waals surface area contributed by atoms with Crippen molar-refractivity contribution in [2.24, 2.45) is 0 Å². The Bertz CT molecular complexity index is 474. The molecule has 1 N–H and O–H groups in total. The fourth-order valence-corrected chi connectivity index (χ4v) is 2.40. The molecular weight excluding hydrogens is 254 g/mol. The van der Waals surface area contributed by atoms with E-state index in [9.17, 15) is 4.79 Å². The number of hydrogen-bond donors (Lipinski definition) is 1. The third kappa shape index (κ3) is 3.77. The molecule has 0 bridgehead atoms. The van der Waals surface area contributed by atoms with E-state index in [1.54, 1.807) is 18.3 Å². The van der Waals surface area contributed by atoms with Crippen LogP contribution in [0, 0.1) is 6.92 Å². The van der Waals surface area contributed by atoms with Crippen LogP contribution in [0.1, 0.15) is 29.9 Å². The predicted octanol–water partition coefficient (Wildman–Crippen LogP) is 1.23. The van der Waals surface area contributed by atoms with Crippen LogP contribution in [-0.4, -0.2) is 54.2 Å². The van der Waals surface area contributed by atoms with Gasteiger partial charge in [0.15, 0.2) is 0 Å². The van der Waals surface area contributed by atoms with Crippen molar-refractivity contribution in [3.05, 3.63) is 29.6 Å².